The monoisotopic (exact) mass is 505 g/mol. The average molecular weight is 506 g/mol. The van der Waals surface area contributed by atoms with E-state index in [1.165, 1.54) is 23.7 Å². The number of aryl methyl sites for hydroxylation is 1. The van der Waals surface area contributed by atoms with Crippen LogP contribution in [0, 0.1) is 18.8 Å². The van der Waals surface area contributed by atoms with E-state index in [4.69, 9.17) is 10.8 Å². The molecular formula is C30H31N7O. The van der Waals surface area contributed by atoms with E-state index in [0.717, 1.165) is 59.5 Å². The van der Waals surface area contributed by atoms with E-state index in [1.54, 1.807) is 0 Å². The molecule has 8 rings (SSSR count). The van der Waals surface area contributed by atoms with Gasteiger partial charge in [-0.3, -0.25) is 9.89 Å². The summed E-state index contributed by atoms with van der Waals surface area (Å²) in [7, 11) is 0. The molecule has 192 valence electrons. The van der Waals surface area contributed by atoms with Crippen molar-refractivity contribution in [3.63, 3.8) is 0 Å². The third-order valence-corrected chi connectivity index (χ3v) is 9.15. The first-order chi connectivity index (χ1) is 18.5. The lowest BCUT2D eigenvalue weighted by molar-refractivity contribution is 0.0700. The number of hydrogen-bond acceptors (Lipinski definition) is 4. The van der Waals surface area contributed by atoms with E-state index in [2.05, 4.69) is 46.0 Å². The predicted molar refractivity (Wildman–Crippen MR) is 147 cm³/mol. The van der Waals surface area contributed by atoms with Gasteiger partial charge >= 0.3 is 0 Å². The van der Waals surface area contributed by atoms with Crippen LogP contribution in [0.4, 0.5) is 0 Å². The van der Waals surface area contributed by atoms with Crippen LogP contribution < -0.4 is 5.73 Å². The fourth-order valence-electron chi connectivity index (χ4n) is 6.79. The zero-order chi connectivity index (χ0) is 25.5. The first-order valence-electron chi connectivity index (χ1n) is 13.7. The summed E-state index contributed by atoms with van der Waals surface area (Å²) in [6.45, 7) is 3.89. The number of aromatic nitrogens is 5. The molecule has 8 heteroatoms. The molecule has 0 radical (unpaired) electrons. The Bertz CT molecular complexity index is 1710. The molecule has 3 fully saturated rings. The number of benzene rings is 1. The lowest BCUT2D eigenvalue weighted by atomic mass is 10.1. The summed E-state index contributed by atoms with van der Waals surface area (Å²) in [5.41, 5.74) is 14.8. The quantitative estimate of drug-likeness (QED) is 0.364. The van der Waals surface area contributed by atoms with E-state index in [1.807, 2.05) is 40.1 Å². The summed E-state index contributed by atoms with van der Waals surface area (Å²) in [6, 6.07) is 13.2. The molecule has 5 aromatic rings. The Morgan fingerprint density at radius 2 is 1.97 bits per heavy atom. The summed E-state index contributed by atoms with van der Waals surface area (Å²) >= 11 is 0. The number of nitrogens with two attached hydrogens (primary N) is 1. The number of carbonyl (C=O) groups is 1. The van der Waals surface area contributed by atoms with Crippen LogP contribution in [-0.4, -0.2) is 53.8 Å². The van der Waals surface area contributed by atoms with Gasteiger partial charge in [-0.15, -0.1) is 0 Å². The molecule has 1 aromatic carbocycles. The number of aromatic amines is 1. The van der Waals surface area contributed by atoms with Crippen LogP contribution in [0.2, 0.25) is 0 Å². The number of pyridine rings is 1. The first kappa shape index (κ1) is 22.1. The number of hydrogen-bond donors (Lipinski definition) is 2. The Labute approximate surface area is 220 Å². The third-order valence-electron chi connectivity index (χ3n) is 9.15. The molecule has 3 N–H and O–H groups in total. The van der Waals surface area contributed by atoms with Crippen LogP contribution in [-0.2, 0) is 6.54 Å². The second-order valence-electron chi connectivity index (χ2n) is 11.5. The number of rotatable bonds is 5. The maximum absolute atomic E-state index is 13.4. The molecule has 1 amide bonds. The molecule has 2 unspecified atom stereocenters. The molecule has 1 aliphatic heterocycles. The molecule has 4 aromatic heterocycles. The van der Waals surface area contributed by atoms with E-state index < -0.39 is 0 Å². The van der Waals surface area contributed by atoms with Crippen LogP contribution >= 0.6 is 0 Å². The van der Waals surface area contributed by atoms with Crippen molar-refractivity contribution in [2.75, 3.05) is 6.54 Å². The summed E-state index contributed by atoms with van der Waals surface area (Å²) in [5, 5.41) is 13.3. The Hall–Kier alpha value is -3.91. The van der Waals surface area contributed by atoms with Crippen LogP contribution in [0.3, 0.4) is 0 Å². The number of nitrogens with one attached hydrogen (secondary N) is 1. The van der Waals surface area contributed by atoms with E-state index in [9.17, 15) is 4.79 Å². The molecule has 2 saturated carbocycles. The highest BCUT2D eigenvalue weighted by atomic mass is 16.2. The minimum absolute atomic E-state index is 0.0684. The number of amides is 1. The van der Waals surface area contributed by atoms with Crippen molar-refractivity contribution < 1.29 is 4.79 Å². The second kappa shape index (κ2) is 8.04. The van der Waals surface area contributed by atoms with Gasteiger partial charge in [0.25, 0.3) is 5.91 Å². The SMILES string of the molecule is Cc1c(-c2cc3ccc(-c4cn[nH]c4)cc3n2CC2CC2)nn2cc(C(=O)N3CC4CCC3[C@@H]4N)ccc12. The maximum Gasteiger partial charge on any atom is 0.255 e. The van der Waals surface area contributed by atoms with Crippen molar-refractivity contribution in [1.82, 2.24) is 29.3 Å². The minimum atomic E-state index is 0.0684. The highest BCUT2D eigenvalue weighted by Gasteiger charge is 2.46. The third kappa shape index (κ3) is 3.29. The summed E-state index contributed by atoms with van der Waals surface area (Å²) < 4.78 is 4.34. The lowest BCUT2D eigenvalue weighted by Gasteiger charge is -2.27. The zero-order valence-corrected chi connectivity index (χ0v) is 21.5. The second-order valence-corrected chi connectivity index (χ2v) is 11.5. The summed E-state index contributed by atoms with van der Waals surface area (Å²) in [4.78, 5) is 15.4. The topological polar surface area (TPSA) is 97.2 Å². The molecule has 1 saturated heterocycles. The van der Waals surface area contributed by atoms with Gasteiger partial charge in [-0.05, 0) is 74.3 Å². The number of nitrogens with zero attached hydrogens (tertiary/aromatic N) is 5. The Kier molecular flexibility index (Phi) is 4.68. The number of fused-ring (bicyclic) bond motifs is 4. The Morgan fingerprint density at radius 3 is 2.71 bits per heavy atom. The highest BCUT2D eigenvalue weighted by molar-refractivity contribution is 5.95. The van der Waals surface area contributed by atoms with Crippen molar-refractivity contribution >= 4 is 22.3 Å². The van der Waals surface area contributed by atoms with Crippen LogP contribution in [0.15, 0.2) is 55.0 Å². The highest BCUT2D eigenvalue weighted by Crippen LogP contribution is 2.39. The predicted octanol–water partition coefficient (Wildman–Crippen LogP) is 4.63. The van der Waals surface area contributed by atoms with Crippen molar-refractivity contribution in [1.29, 1.82) is 0 Å². The zero-order valence-electron chi connectivity index (χ0n) is 21.5. The van der Waals surface area contributed by atoms with Crippen molar-refractivity contribution in [2.45, 2.75) is 51.2 Å². The molecule has 3 atom stereocenters. The molecule has 2 bridgehead atoms. The Balaban J connectivity index is 1.21. The van der Waals surface area contributed by atoms with Crippen LogP contribution in [0.25, 0.3) is 38.9 Å². The molecule has 8 nitrogen and oxygen atoms in total. The smallest absolute Gasteiger partial charge is 0.255 e. The number of carbonyl (C=O) groups excluding carboxylic acids is 1. The van der Waals surface area contributed by atoms with Gasteiger partial charge in [0.15, 0.2) is 0 Å². The lowest BCUT2D eigenvalue weighted by Crippen LogP contribution is -2.41. The summed E-state index contributed by atoms with van der Waals surface area (Å²) in [5.74, 6) is 1.22. The van der Waals surface area contributed by atoms with Crippen LogP contribution in [0.1, 0.15) is 41.6 Å². The van der Waals surface area contributed by atoms with Gasteiger partial charge in [0, 0.05) is 59.6 Å². The minimum Gasteiger partial charge on any atom is -0.339 e. The van der Waals surface area contributed by atoms with Gasteiger partial charge in [0.2, 0.25) is 0 Å². The summed E-state index contributed by atoms with van der Waals surface area (Å²) in [6.07, 6.45) is 10.4. The van der Waals surface area contributed by atoms with Gasteiger partial charge in [-0.25, -0.2) is 4.52 Å². The first-order valence-corrected chi connectivity index (χ1v) is 13.7. The van der Waals surface area contributed by atoms with Gasteiger partial charge in [0.1, 0.15) is 5.69 Å². The fourth-order valence-corrected chi connectivity index (χ4v) is 6.79. The van der Waals surface area contributed by atoms with E-state index in [0.29, 0.717) is 17.4 Å². The normalized spacial score (nSPS) is 22.8. The van der Waals surface area contributed by atoms with Crippen molar-refractivity contribution in [3.8, 4) is 22.5 Å². The van der Waals surface area contributed by atoms with Crippen molar-refractivity contribution in [3.05, 3.63) is 66.1 Å². The van der Waals surface area contributed by atoms with Crippen LogP contribution in [0.5, 0.6) is 0 Å². The number of piperidine rings is 1. The fraction of sp³-hybridized carbons (Fsp3) is 0.367. The molecular weight excluding hydrogens is 474 g/mol. The molecule has 38 heavy (non-hydrogen) atoms. The molecule has 3 aliphatic rings. The van der Waals surface area contributed by atoms with Crippen molar-refractivity contribution in [2.24, 2.45) is 17.6 Å². The average Bonchev–Trinajstić information content (AvgIpc) is 3.31. The Morgan fingerprint density at radius 1 is 1.08 bits per heavy atom. The molecule has 5 heterocycles. The molecule has 2 aliphatic carbocycles. The van der Waals surface area contributed by atoms with Gasteiger partial charge < -0.3 is 15.2 Å². The van der Waals surface area contributed by atoms with Gasteiger partial charge in [-0.1, -0.05) is 12.1 Å². The van der Waals surface area contributed by atoms with Gasteiger partial charge in [-0.2, -0.15) is 10.2 Å². The van der Waals surface area contributed by atoms with E-state index in [-0.39, 0.29) is 18.0 Å². The number of H-pyrrole nitrogens is 1. The van der Waals surface area contributed by atoms with Gasteiger partial charge in [0.05, 0.1) is 23.0 Å². The maximum atomic E-state index is 13.4. The van der Waals surface area contributed by atoms with E-state index >= 15 is 0 Å². The molecule has 0 spiro atoms. The largest absolute Gasteiger partial charge is 0.339 e. The number of likely N-dealkylation sites (tertiary alicyclic amines) is 1. The standard InChI is InChI=1S/C30H31N7O/c1-17-24-8-7-22(30(38)36-15-21-6-9-25(36)28(21)31)16-37(24)34-29(17)27-11-20-5-4-19(23-12-32-33-13-23)10-26(20)35(27)14-18-2-3-18/h4-5,7-8,10-13,16,18,21,25,28H,2-3,6,9,14-15,31H2,1H3,(H,32,33)/t21?,25?,28-/m1/s1.